The van der Waals surface area contributed by atoms with E-state index < -0.39 is 0 Å². The first-order valence-corrected chi connectivity index (χ1v) is 23.1. The summed E-state index contributed by atoms with van der Waals surface area (Å²) in [7, 11) is 0. The van der Waals surface area contributed by atoms with Crippen molar-refractivity contribution in [3.8, 4) is 62.0 Å². The van der Waals surface area contributed by atoms with Crippen LogP contribution in [0, 0.1) is 24.8 Å². The Morgan fingerprint density at radius 3 is 1.55 bits per heavy atom. The summed E-state index contributed by atoms with van der Waals surface area (Å²) in [6.45, 7) is 19.9. The van der Waals surface area contributed by atoms with Crippen molar-refractivity contribution in [1.29, 1.82) is 5.26 Å². The molecule has 0 aliphatic heterocycles. The fraction of sp³-hybridized carbons (Fsp3) is 0.111. The van der Waals surface area contributed by atoms with Gasteiger partial charge in [-0.1, -0.05) is 149 Å². The van der Waals surface area contributed by atoms with Crippen molar-refractivity contribution in [2.24, 2.45) is 0 Å². The van der Waals surface area contributed by atoms with E-state index in [4.69, 9.17) is 6.57 Å². The summed E-state index contributed by atoms with van der Waals surface area (Å²) in [5, 5.41) is 14.8. The number of nitrogens with zero attached hydrogens (tertiary/aromatic N) is 4. The maximum Gasteiger partial charge on any atom is 0.188 e. The summed E-state index contributed by atoms with van der Waals surface area (Å²) in [6.07, 6.45) is 0. The smallest absolute Gasteiger partial charge is 0.188 e. The van der Waals surface area contributed by atoms with Gasteiger partial charge in [0.15, 0.2) is 5.69 Å². The average molecular weight is 857 g/mol. The maximum atomic E-state index is 9.83. The maximum absolute atomic E-state index is 9.83. The van der Waals surface area contributed by atoms with Gasteiger partial charge in [0.1, 0.15) is 0 Å². The molecule has 0 saturated heterocycles. The topological polar surface area (TPSA) is 38.0 Å². The molecule has 4 heteroatoms. The standard InChI is InChI=1S/C63H44N4/c1-37-33-38(36-64)23-26-41(37)39-24-27-44(57(34-39)67-53-22-14-10-18-48(53)59-56(67)32-29-46-43-16-8-12-20-51(43)63(4,5)61(46)59)49-35-40(65-6)25-30-54(49)66-52-21-13-9-17-47(52)58-55(66)31-28-45-42-15-7-11-19-50(42)62(2,3)60(45)58/h7-35H,1-5H3. The molecule has 2 aromatic heterocycles. The van der Waals surface area contributed by atoms with Crippen LogP contribution in [0.5, 0.6) is 0 Å². The predicted octanol–water partition coefficient (Wildman–Crippen LogP) is 16.6. The third-order valence-corrected chi connectivity index (χ3v) is 15.3. The Labute approximate surface area is 390 Å². The highest BCUT2D eigenvalue weighted by atomic mass is 15.0. The molecule has 9 aromatic carbocycles. The Kier molecular flexibility index (Phi) is 8.02. The summed E-state index contributed by atoms with van der Waals surface area (Å²) in [4.78, 5) is 4.06. The molecule has 0 amide bonds. The number of aryl methyl sites for hydroxylation is 1. The van der Waals surface area contributed by atoms with Crippen molar-refractivity contribution in [3.63, 3.8) is 0 Å². The van der Waals surface area contributed by atoms with Gasteiger partial charge in [0.2, 0.25) is 0 Å². The van der Waals surface area contributed by atoms with Crippen molar-refractivity contribution in [2.45, 2.75) is 45.4 Å². The van der Waals surface area contributed by atoms with Crippen molar-refractivity contribution in [3.05, 3.63) is 221 Å². The minimum absolute atomic E-state index is 0.212. The molecule has 13 rings (SSSR count). The second-order valence-electron chi connectivity index (χ2n) is 19.5. The zero-order valence-corrected chi connectivity index (χ0v) is 38.0. The van der Waals surface area contributed by atoms with Crippen molar-refractivity contribution >= 4 is 49.3 Å². The summed E-state index contributed by atoms with van der Waals surface area (Å²) < 4.78 is 4.91. The molecule has 0 atom stereocenters. The predicted molar refractivity (Wildman–Crippen MR) is 277 cm³/mol. The van der Waals surface area contributed by atoms with Gasteiger partial charge in [0.25, 0.3) is 0 Å². The first kappa shape index (κ1) is 39.0. The molecule has 67 heavy (non-hydrogen) atoms. The van der Waals surface area contributed by atoms with Gasteiger partial charge in [0.05, 0.1) is 51.6 Å². The van der Waals surface area contributed by atoms with E-state index in [2.05, 4.69) is 212 Å². The molecule has 0 saturated carbocycles. The number of para-hydroxylation sites is 2. The lowest BCUT2D eigenvalue weighted by Gasteiger charge is -2.23. The Morgan fingerprint density at radius 2 is 0.985 bits per heavy atom. The van der Waals surface area contributed by atoms with Crippen LogP contribution in [0.1, 0.15) is 61.1 Å². The summed E-state index contributed by atoms with van der Waals surface area (Å²) in [6, 6.07) is 66.0. The Bertz CT molecular complexity index is 4080. The van der Waals surface area contributed by atoms with Crippen molar-refractivity contribution < 1.29 is 0 Å². The summed E-state index contributed by atoms with van der Waals surface area (Å²) in [5.41, 5.74) is 23.0. The quantitative estimate of drug-likeness (QED) is 0.163. The van der Waals surface area contributed by atoms with Crippen LogP contribution < -0.4 is 0 Å². The van der Waals surface area contributed by atoms with E-state index in [9.17, 15) is 5.26 Å². The molecule has 0 unspecified atom stereocenters. The van der Waals surface area contributed by atoms with Crippen LogP contribution >= 0.6 is 0 Å². The monoisotopic (exact) mass is 856 g/mol. The highest BCUT2D eigenvalue weighted by Crippen LogP contribution is 2.56. The zero-order valence-electron chi connectivity index (χ0n) is 38.0. The molecular formula is C63H44N4. The van der Waals surface area contributed by atoms with Gasteiger partial charge in [-0.2, -0.15) is 5.26 Å². The van der Waals surface area contributed by atoms with E-state index in [1.165, 1.54) is 66.1 Å². The van der Waals surface area contributed by atoms with Gasteiger partial charge in [-0.25, -0.2) is 4.85 Å². The molecule has 316 valence electrons. The van der Waals surface area contributed by atoms with Crippen LogP contribution in [0.2, 0.25) is 0 Å². The number of aromatic nitrogens is 2. The van der Waals surface area contributed by atoms with E-state index >= 15 is 0 Å². The normalized spacial score (nSPS) is 14.0. The number of rotatable bonds is 4. The number of benzene rings is 9. The number of nitriles is 1. The van der Waals surface area contributed by atoms with E-state index in [1.54, 1.807) is 0 Å². The zero-order chi connectivity index (χ0) is 45.5. The van der Waals surface area contributed by atoms with Gasteiger partial charge in [-0.15, -0.1) is 0 Å². The Hall–Kier alpha value is -8.44. The van der Waals surface area contributed by atoms with Gasteiger partial charge in [-0.3, -0.25) is 0 Å². The minimum atomic E-state index is -0.228. The molecule has 4 nitrogen and oxygen atoms in total. The lowest BCUT2D eigenvalue weighted by Crippen LogP contribution is -2.15. The van der Waals surface area contributed by atoms with E-state index in [1.807, 2.05) is 18.2 Å². The number of fused-ring (bicyclic) bond motifs is 14. The van der Waals surface area contributed by atoms with Crippen molar-refractivity contribution in [1.82, 2.24) is 9.13 Å². The third-order valence-electron chi connectivity index (χ3n) is 15.3. The van der Waals surface area contributed by atoms with Crippen LogP contribution in [0.3, 0.4) is 0 Å². The van der Waals surface area contributed by atoms with Gasteiger partial charge in [-0.05, 0) is 128 Å². The lowest BCUT2D eigenvalue weighted by atomic mass is 9.80. The molecule has 0 spiro atoms. The Balaban J connectivity index is 1.14. The van der Waals surface area contributed by atoms with E-state index in [-0.39, 0.29) is 10.8 Å². The van der Waals surface area contributed by atoms with Gasteiger partial charge >= 0.3 is 0 Å². The van der Waals surface area contributed by atoms with Crippen LogP contribution in [-0.2, 0) is 10.8 Å². The van der Waals surface area contributed by atoms with Gasteiger partial charge in [0, 0.05) is 37.9 Å². The van der Waals surface area contributed by atoms with Crippen LogP contribution in [0.25, 0.3) is 104 Å². The molecule has 0 N–H and O–H groups in total. The summed E-state index contributed by atoms with van der Waals surface area (Å²) >= 11 is 0. The second kappa shape index (κ2) is 13.8. The molecule has 0 radical (unpaired) electrons. The number of hydrogen-bond donors (Lipinski definition) is 0. The third kappa shape index (κ3) is 5.22. The summed E-state index contributed by atoms with van der Waals surface area (Å²) in [5.74, 6) is 0. The molecule has 2 aliphatic rings. The van der Waals surface area contributed by atoms with Crippen LogP contribution in [0.15, 0.2) is 176 Å². The lowest BCUT2D eigenvalue weighted by molar-refractivity contribution is 0.666. The largest absolute Gasteiger partial charge is 0.309 e. The fourth-order valence-electron chi connectivity index (χ4n) is 12.4. The second-order valence-corrected chi connectivity index (χ2v) is 19.5. The van der Waals surface area contributed by atoms with Crippen LogP contribution in [-0.4, -0.2) is 9.13 Å². The van der Waals surface area contributed by atoms with E-state index in [0.29, 0.717) is 11.3 Å². The highest BCUT2D eigenvalue weighted by molar-refractivity contribution is 6.16. The van der Waals surface area contributed by atoms with Crippen molar-refractivity contribution in [2.75, 3.05) is 0 Å². The molecule has 0 bridgehead atoms. The average Bonchev–Trinajstić information content (AvgIpc) is 4.02. The van der Waals surface area contributed by atoms with Gasteiger partial charge < -0.3 is 9.13 Å². The first-order valence-electron chi connectivity index (χ1n) is 23.1. The van der Waals surface area contributed by atoms with Crippen LogP contribution in [0.4, 0.5) is 5.69 Å². The molecule has 0 fully saturated rings. The highest BCUT2D eigenvalue weighted by Gasteiger charge is 2.40. The van der Waals surface area contributed by atoms with E-state index in [0.717, 1.165) is 61.3 Å². The molecule has 11 aromatic rings. The molecule has 2 heterocycles. The minimum Gasteiger partial charge on any atom is -0.309 e. The number of hydrogen-bond acceptors (Lipinski definition) is 1. The molecule has 2 aliphatic carbocycles. The Morgan fingerprint density at radius 1 is 0.463 bits per heavy atom. The first-order chi connectivity index (χ1) is 32.6. The fourth-order valence-corrected chi connectivity index (χ4v) is 12.4. The SMILES string of the molecule is [C-]#[N+]c1ccc(-n2c3ccccc3c3c4c(ccc32)-c2ccccc2C4(C)C)c(-c2ccc(-c3ccc(C#N)cc3C)cc2-n2c3ccccc3c3c4c(ccc32)-c2ccccc2C4(C)C)c1. The molecular weight excluding hydrogens is 813 g/mol.